The number of para-hydroxylation sites is 1. The number of amides is 1. The fraction of sp³-hybridized carbons (Fsp3) is 0.238. The number of alkyl halides is 1. The molecule has 1 aromatic heterocycles. The lowest BCUT2D eigenvalue weighted by Gasteiger charge is -2.14. The zero-order valence-corrected chi connectivity index (χ0v) is 15.0. The highest BCUT2D eigenvalue weighted by molar-refractivity contribution is 6.17. The molecule has 0 fully saturated rings. The lowest BCUT2D eigenvalue weighted by atomic mass is 9.97. The number of hydrogen-bond acceptors (Lipinski definition) is 2. The van der Waals surface area contributed by atoms with Gasteiger partial charge in [-0.15, -0.1) is 11.6 Å². The van der Waals surface area contributed by atoms with Crippen molar-refractivity contribution in [3.8, 4) is 0 Å². The molecule has 0 aliphatic carbocycles. The smallest absolute Gasteiger partial charge is 0.256 e. The molecular formula is C21H21ClN2O. The SMILES string of the molecule is Cc1cccc(CCCCCl)c1C(=O)Nc1cccc2cccnc12. The standard InChI is InChI=1S/C21H21ClN2O/c1-15-7-4-9-16(8-2-3-13-22)19(15)21(25)24-18-12-5-10-17-11-6-14-23-20(17)18/h4-7,9-12,14H,2-3,8,13H2,1H3,(H,24,25). The fourth-order valence-electron chi connectivity index (χ4n) is 3.06. The van der Waals surface area contributed by atoms with Crippen LogP contribution in [0.15, 0.2) is 54.7 Å². The van der Waals surface area contributed by atoms with E-state index >= 15 is 0 Å². The van der Waals surface area contributed by atoms with E-state index in [0.29, 0.717) is 5.88 Å². The first kappa shape index (κ1) is 17.4. The van der Waals surface area contributed by atoms with Crippen molar-refractivity contribution in [2.45, 2.75) is 26.2 Å². The zero-order chi connectivity index (χ0) is 17.6. The van der Waals surface area contributed by atoms with Crippen molar-refractivity contribution < 1.29 is 4.79 Å². The maximum absolute atomic E-state index is 13.0. The maximum Gasteiger partial charge on any atom is 0.256 e. The van der Waals surface area contributed by atoms with E-state index in [0.717, 1.165) is 52.5 Å². The molecule has 0 bridgehead atoms. The number of aromatic nitrogens is 1. The first-order valence-corrected chi connectivity index (χ1v) is 9.03. The number of pyridine rings is 1. The minimum atomic E-state index is -0.0860. The molecule has 0 atom stereocenters. The highest BCUT2D eigenvalue weighted by atomic mass is 35.5. The number of carbonyl (C=O) groups excluding carboxylic acids is 1. The third-order valence-corrected chi connectivity index (χ3v) is 4.56. The summed E-state index contributed by atoms with van der Waals surface area (Å²) >= 11 is 5.78. The second kappa shape index (κ2) is 8.13. The lowest BCUT2D eigenvalue weighted by Crippen LogP contribution is -2.16. The van der Waals surface area contributed by atoms with Crippen molar-refractivity contribution in [3.05, 3.63) is 71.4 Å². The number of nitrogens with one attached hydrogen (secondary N) is 1. The van der Waals surface area contributed by atoms with Gasteiger partial charge >= 0.3 is 0 Å². The number of fused-ring (bicyclic) bond motifs is 1. The van der Waals surface area contributed by atoms with Crippen LogP contribution in [0, 0.1) is 6.92 Å². The molecule has 3 aromatic rings. The van der Waals surface area contributed by atoms with Gasteiger partial charge in [-0.2, -0.15) is 0 Å². The Labute approximate surface area is 153 Å². The topological polar surface area (TPSA) is 42.0 Å². The molecule has 25 heavy (non-hydrogen) atoms. The van der Waals surface area contributed by atoms with Crippen molar-refractivity contribution in [2.24, 2.45) is 0 Å². The number of aryl methyl sites for hydroxylation is 2. The summed E-state index contributed by atoms with van der Waals surface area (Å²) in [6.45, 7) is 1.97. The molecular weight excluding hydrogens is 332 g/mol. The van der Waals surface area contributed by atoms with Crippen molar-refractivity contribution >= 4 is 34.1 Å². The summed E-state index contributed by atoms with van der Waals surface area (Å²) in [6.07, 6.45) is 4.52. The Morgan fingerprint density at radius 2 is 1.88 bits per heavy atom. The average Bonchev–Trinajstić information content (AvgIpc) is 2.62. The Kier molecular flexibility index (Phi) is 5.67. The van der Waals surface area contributed by atoms with Crippen molar-refractivity contribution in [3.63, 3.8) is 0 Å². The van der Waals surface area contributed by atoms with E-state index in [1.54, 1.807) is 6.20 Å². The van der Waals surface area contributed by atoms with E-state index < -0.39 is 0 Å². The average molecular weight is 353 g/mol. The van der Waals surface area contributed by atoms with Crippen LogP contribution in [-0.2, 0) is 6.42 Å². The molecule has 0 saturated heterocycles. The Morgan fingerprint density at radius 1 is 1.08 bits per heavy atom. The van der Waals surface area contributed by atoms with Crippen LogP contribution in [0.2, 0.25) is 0 Å². The van der Waals surface area contributed by atoms with Crippen LogP contribution in [-0.4, -0.2) is 16.8 Å². The van der Waals surface area contributed by atoms with Crippen molar-refractivity contribution in [2.75, 3.05) is 11.2 Å². The molecule has 0 saturated carbocycles. The van der Waals surface area contributed by atoms with Gasteiger partial charge in [-0.25, -0.2) is 0 Å². The van der Waals surface area contributed by atoms with Gasteiger partial charge in [-0.3, -0.25) is 9.78 Å². The van der Waals surface area contributed by atoms with Crippen LogP contribution in [0.25, 0.3) is 10.9 Å². The van der Waals surface area contributed by atoms with Gasteiger partial charge in [-0.05, 0) is 49.4 Å². The van der Waals surface area contributed by atoms with E-state index in [1.165, 1.54) is 0 Å². The Morgan fingerprint density at radius 3 is 2.72 bits per heavy atom. The molecule has 3 rings (SSSR count). The molecule has 4 heteroatoms. The minimum absolute atomic E-state index is 0.0860. The Bertz CT molecular complexity index is 887. The van der Waals surface area contributed by atoms with Gasteiger partial charge in [0.25, 0.3) is 5.91 Å². The summed E-state index contributed by atoms with van der Waals surface area (Å²) < 4.78 is 0. The first-order valence-electron chi connectivity index (χ1n) is 8.50. The molecule has 0 unspecified atom stereocenters. The summed E-state index contributed by atoms with van der Waals surface area (Å²) in [5.74, 6) is 0.562. The number of rotatable bonds is 6. The zero-order valence-electron chi connectivity index (χ0n) is 14.3. The Hall–Kier alpha value is -2.39. The van der Waals surface area contributed by atoms with E-state index in [2.05, 4.69) is 10.3 Å². The van der Waals surface area contributed by atoms with Gasteiger partial charge in [0, 0.05) is 23.0 Å². The number of benzene rings is 2. The largest absolute Gasteiger partial charge is 0.320 e. The van der Waals surface area contributed by atoms with E-state index in [4.69, 9.17) is 11.6 Å². The molecule has 1 amide bonds. The molecule has 1 N–H and O–H groups in total. The molecule has 3 nitrogen and oxygen atoms in total. The fourth-order valence-corrected chi connectivity index (χ4v) is 3.25. The van der Waals surface area contributed by atoms with Crippen LogP contribution in [0.3, 0.4) is 0 Å². The van der Waals surface area contributed by atoms with Gasteiger partial charge in [0.2, 0.25) is 0 Å². The molecule has 1 heterocycles. The molecule has 0 spiro atoms. The number of carbonyl (C=O) groups is 1. The molecule has 0 aliphatic rings. The van der Waals surface area contributed by atoms with Gasteiger partial charge in [0.15, 0.2) is 0 Å². The monoisotopic (exact) mass is 352 g/mol. The second-order valence-electron chi connectivity index (χ2n) is 6.09. The van der Waals surface area contributed by atoms with Gasteiger partial charge in [0.05, 0.1) is 11.2 Å². The van der Waals surface area contributed by atoms with Gasteiger partial charge in [-0.1, -0.05) is 36.4 Å². The molecule has 128 valence electrons. The van der Waals surface area contributed by atoms with Crippen LogP contribution in [0.1, 0.15) is 34.3 Å². The molecule has 0 radical (unpaired) electrons. The Balaban J connectivity index is 1.90. The van der Waals surface area contributed by atoms with Crippen molar-refractivity contribution in [1.29, 1.82) is 0 Å². The number of anilines is 1. The highest BCUT2D eigenvalue weighted by Gasteiger charge is 2.15. The third kappa shape index (κ3) is 3.99. The quantitative estimate of drug-likeness (QED) is 0.479. The second-order valence-corrected chi connectivity index (χ2v) is 6.47. The number of unbranched alkanes of at least 4 members (excludes halogenated alkanes) is 1. The summed E-state index contributed by atoms with van der Waals surface area (Å²) in [5.41, 5.74) is 4.34. The number of halogens is 1. The van der Waals surface area contributed by atoms with E-state index in [9.17, 15) is 4.79 Å². The molecule has 0 aliphatic heterocycles. The first-order chi connectivity index (χ1) is 12.2. The third-order valence-electron chi connectivity index (χ3n) is 4.30. The van der Waals surface area contributed by atoms with Crippen LogP contribution < -0.4 is 5.32 Å². The normalized spacial score (nSPS) is 10.8. The number of nitrogens with zero attached hydrogens (tertiary/aromatic N) is 1. The summed E-state index contributed by atoms with van der Waals surface area (Å²) in [4.78, 5) is 17.4. The number of hydrogen-bond donors (Lipinski definition) is 1. The predicted molar refractivity (Wildman–Crippen MR) is 105 cm³/mol. The highest BCUT2D eigenvalue weighted by Crippen LogP contribution is 2.23. The van der Waals surface area contributed by atoms with Crippen LogP contribution >= 0.6 is 11.6 Å². The van der Waals surface area contributed by atoms with E-state index in [-0.39, 0.29) is 5.91 Å². The van der Waals surface area contributed by atoms with Crippen molar-refractivity contribution in [1.82, 2.24) is 4.98 Å². The van der Waals surface area contributed by atoms with Gasteiger partial charge in [0.1, 0.15) is 0 Å². The summed E-state index contributed by atoms with van der Waals surface area (Å²) in [5, 5.41) is 4.05. The van der Waals surface area contributed by atoms with E-state index in [1.807, 2.05) is 55.5 Å². The summed E-state index contributed by atoms with van der Waals surface area (Å²) in [7, 11) is 0. The minimum Gasteiger partial charge on any atom is -0.320 e. The summed E-state index contributed by atoms with van der Waals surface area (Å²) in [6, 6.07) is 15.7. The molecule has 2 aromatic carbocycles. The maximum atomic E-state index is 13.0. The van der Waals surface area contributed by atoms with Crippen LogP contribution in [0.4, 0.5) is 5.69 Å². The van der Waals surface area contributed by atoms with Gasteiger partial charge < -0.3 is 5.32 Å². The predicted octanol–water partition coefficient (Wildman–Crippen LogP) is 5.36. The lowest BCUT2D eigenvalue weighted by molar-refractivity contribution is 0.102. The van der Waals surface area contributed by atoms with Crippen LogP contribution in [0.5, 0.6) is 0 Å².